The summed E-state index contributed by atoms with van der Waals surface area (Å²) in [5.41, 5.74) is 0. The molecule has 316 valence electrons. The van der Waals surface area contributed by atoms with Crippen molar-refractivity contribution in [3.05, 3.63) is 97.2 Å². The number of amides is 1. The number of phosphoric ester groups is 1. The largest absolute Gasteiger partial charge is 0.480 e. The molecular formula is C44H70NO10P. The molecule has 0 radical (unpaired) electrons. The maximum Gasteiger partial charge on any atom is 0.472 e. The second-order valence-electron chi connectivity index (χ2n) is 13.1. The highest BCUT2D eigenvalue weighted by molar-refractivity contribution is 7.47. The number of ether oxygens (including phenoxy) is 1. The average Bonchev–Trinajstić information content (AvgIpc) is 3.17. The summed E-state index contributed by atoms with van der Waals surface area (Å²) in [6.45, 7) is 2.33. The van der Waals surface area contributed by atoms with Gasteiger partial charge >= 0.3 is 19.8 Å². The number of esters is 1. The Balaban J connectivity index is 4.10. The summed E-state index contributed by atoms with van der Waals surface area (Å²) >= 11 is 0. The normalized spacial score (nSPS) is 14.8. The number of phosphoric acid groups is 1. The van der Waals surface area contributed by atoms with Gasteiger partial charge in [-0.15, -0.1) is 0 Å². The quantitative estimate of drug-likeness (QED) is 0.0207. The lowest BCUT2D eigenvalue weighted by Crippen LogP contribution is -2.43. The Morgan fingerprint density at radius 1 is 0.589 bits per heavy atom. The van der Waals surface area contributed by atoms with Crippen LogP contribution >= 0.6 is 7.82 Å². The molecule has 0 aromatic carbocycles. The van der Waals surface area contributed by atoms with E-state index in [1.54, 1.807) is 0 Å². The van der Waals surface area contributed by atoms with Gasteiger partial charge in [0.2, 0.25) is 5.91 Å². The number of rotatable bonds is 36. The van der Waals surface area contributed by atoms with E-state index in [0.29, 0.717) is 19.3 Å². The minimum Gasteiger partial charge on any atom is -0.480 e. The molecule has 0 aromatic rings. The fourth-order valence-electron chi connectivity index (χ4n) is 4.71. The number of hydrogen-bond acceptors (Lipinski definition) is 8. The van der Waals surface area contributed by atoms with E-state index < -0.39 is 57.6 Å². The molecule has 3 unspecified atom stereocenters. The summed E-state index contributed by atoms with van der Waals surface area (Å²) in [6, 6.07) is -1.59. The van der Waals surface area contributed by atoms with Gasteiger partial charge in [-0.3, -0.25) is 18.6 Å². The van der Waals surface area contributed by atoms with Crippen LogP contribution in [0.2, 0.25) is 0 Å². The number of aliphatic hydroxyl groups is 1. The van der Waals surface area contributed by atoms with E-state index in [0.717, 1.165) is 64.2 Å². The van der Waals surface area contributed by atoms with Gasteiger partial charge in [0.05, 0.1) is 13.2 Å². The number of nitrogens with one attached hydrogen (secondary N) is 1. The molecular weight excluding hydrogens is 733 g/mol. The van der Waals surface area contributed by atoms with Gasteiger partial charge in [-0.25, -0.2) is 9.36 Å². The van der Waals surface area contributed by atoms with Crippen LogP contribution in [0.15, 0.2) is 97.2 Å². The third-order valence-electron chi connectivity index (χ3n) is 7.86. The number of allylic oxidation sites excluding steroid dienone is 16. The Hall–Kier alpha value is -3.60. The minimum atomic E-state index is -4.78. The van der Waals surface area contributed by atoms with Crippen LogP contribution in [-0.4, -0.2) is 64.9 Å². The van der Waals surface area contributed by atoms with Gasteiger partial charge in [-0.2, -0.15) is 0 Å². The van der Waals surface area contributed by atoms with Crippen LogP contribution in [0, 0.1) is 0 Å². The van der Waals surface area contributed by atoms with Crippen LogP contribution in [0.1, 0.15) is 129 Å². The molecule has 11 nitrogen and oxygen atoms in total. The number of carboxylic acids is 1. The lowest BCUT2D eigenvalue weighted by Gasteiger charge is -2.18. The molecule has 56 heavy (non-hydrogen) atoms. The smallest absolute Gasteiger partial charge is 0.472 e. The summed E-state index contributed by atoms with van der Waals surface area (Å²) < 4.78 is 26.7. The number of unbranched alkanes of at least 4 members (excludes halogenated alkanes) is 6. The summed E-state index contributed by atoms with van der Waals surface area (Å²) in [7, 11) is -4.78. The average molecular weight is 804 g/mol. The van der Waals surface area contributed by atoms with Crippen molar-refractivity contribution < 1.29 is 47.8 Å². The van der Waals surface area contributed by atoms with Crippen LogP contribution in [0.4, 0.5) is 0 Å². The molecule has 0 spiro atoms. The van der Waals surface area contributed by atoms with Crippen LogP contribution in [-0.2, 0) is 32.7 Å². The maximum atomic E-state index is 12.3. The van der Waals surface area contributed by atoms with E-state index in [1.807, 2.05) is 12.2 Å². The molecule has 0 saturated heterocycles. The van der Waals surface area contributed by atoms with E-state index in [-0.39, 0.29) is 12.8 Å². The van der Waals surface area contributed by atoms with Gasteiger partial charge in [-0.1, -0.05) is 124 Å². The number of hydrogen-bond donors (Lipinski definition) is 4. The van der Waals surface area contributed by atoms with E-state index >= 15 is 0 Å². The highest BCUT2D eigenvalue weighted by Crippen LogP contribution is 2.43. The van der Waals surface area contributed by atoms with Gasteiger partial charge in [-0.05, 0) is 89.9 Å². The zero-order valence-electron chi connectivity index (χ0n) is 33.9. The molecule has 0 rings (SSSR count). The van der Waals surface area contributed by atoms with E-state index in [2.05, 4.69) is 104 Å². The van der Waals surface area contributed by atoms with Crippen molar-refractivity contribution in [2.75, 3.05) is 19.8 Å². The molecule has 0 heterocycles. The first-order valence-electron chi connectivity index (χ1n) is 20.3. The van der Waals surface area contributed by atoms with Gasteiger partial charge < -0.3 is 25.2 Å². The fourth-order valence-corrected chi connectivity index (χ4v) is 5.48. The van der Waals surface area contributed by atoms with Crippen molar-refractivity contribution in [2.45, 2.75) is 142 Å². The van der Waals surface area contributed by atoms with E-state index in [1.165, 1.54) is 19.3 Å². The molecule has 4 N–H and O–H groups in total. The van der Waals surface area contributed by atoms with Crippen LogP contribution in [0.25, 0.3) is 0 Å². The second kappa shape index (κ2) is 38.3. The van der Waals surface area contributed by atoms with Gasteiger partial charge in [0, 0.05) is 12.8 Å². The second-order valence-corrected chi connectivity index (χ2v) is 14.5. The van der Waals surface area contributed by atoms with Crippen LogP contribution < -0.4 is 5.32 Å². The molecule has 0 bridgehead atoms. The Morgan fingerprint density at radius 3 is 1.52 bits per heavy atom. The Morgan fingerprint density at radius 2 is 1.04 bits per heavy atom. The van der Waals surface area contributed by atoms with Crippen molar-refractivity contribution in [1.82, 2.24) is 5.32 Å². The Kier molecular flexibility index (Phi) is 35.8. The predicted octanol–water partition coefficient (Wildman–Crippen LogP) is 10.1. The standard InChI is InChI=1S/C44H70NO10P/c1-3-5-7-9-11-13-15-17-19-20-22-23-25-27-29-31-33-35-42(47)45-41(44(49)50)39-55-56(51,52)54-38-40(46)37-53-43(48)36-34-32-30-28-26-24-21-18-16-14-12-10-8-6-4-2/h6,8,11-14,17-19,21-23,26-29,40-41,46H,3-5,7,9-10,15-16,20,24-25,30-39H2,1-2H3,(H,45,47)(H,49,50)(H,51,52)/b8-6-,13-11-,14-12-,19-17-,21-18-,23-22-,28-26-,29-27-. The molecule has 0 aliphatic carbocycles. The minimum absolute atomic E-state index is 0.0608. The highest BCUT2D eigenvalue weighted by Gasteiger charge is 2.28. The summed E-state index contributed by atoms with van der Waals surface area (Å²) in [5.74, 6) is -2.52. The fraction of sp³-hybridized carbons (Fsp3) is 0.568. The third kappa shape index (κ3) is 37.3. The Labute approximate surface area is 336 Å². The van der Waals surface area contributed by atoms with Crippen molar-refractivity contribution in [1.29, 1.82) is 0 Å². The van der Waals surface area contributed by atoms with Gasteiger partial charge in [0.25, 0.3) is 0 Å². The van der Waals surface area contributed by atoms with E-state index in [4.69, 9.17) is 13.8 Å². The SMILES string of the molecule is CC/C=C\C/C=C\C/C=C\C/C=C\CCCCC(=O)OCC(O)COP(=O)(O)OCC(NC(=O)CCC/C=C\C/C=C\C/C=C\C/C=C\CCCCC)C(=O)O. The van der Waals surface area contributed by atoms with Crippen LogP contribution in [0.5, 0.6) is 0 Å². The first-order chi connectivity index (χ1) is 27.1. The highest BCUT2D eigenvalue weighted by atomic mass is 31.2. The zero-order valence-corrected chi connectivity index (χ0v) is 34.8. The molecule has 3 atom stereocenters. The Bertz CT molecular complexity index is 1310. The number of aliphatic hydroxyl groups excluding tert-OH is 1. The molecule has 0 aromatic heterocycles. The first-order valence-corrected chi connectivity index (χ1v) is 21.8. The predicted molar refractivity (Wildman–Crippen MR) is 226 cm³/mol. The summed E-state index contributed by atoms with van der Waals surface area (Å²) in [6.07, 6.45) is 47.3. The monoisotopic (exact) mass is 803 g/mol. The topological polar surface area (TPSA) is 169 Å². The molecule has 0 fully saturated rings. The number of carbonyl (C=O) groups excluding carboxylic acids is 2. The third-order valence-corrected chi connectivity index (χ3v) is 8.81. The van der Waals surface area contributed by atoms with Gasteiger partial charge in [0.15, 0.2) is 6.04 Å². The van der Waals surface area contributed by atoms with Crippen molar-refractivity contribution in [3.8, 4) is 0 Å². The molecule has 0 aliphatic rings. The van der Waals surface area contributed by atoms with Crippen molar-refractivity contribution in [3.63, 3.8) is 0 Å². The van der Waals surface area contributed by atoms with Crippen molar-refractivity contribution in [2.24, 2.45) is 0 Å². The molecule has 1 amide bonds. The maximum absolute atomic E-state index is 12.3. The lowest BCUT2D eigenvalue weighted by molar-refractivity contribution is -0.147. The number of aliphatic carboxylic acids is 1. The lowest BCUT2D eigenvalue weighted by atomic mass is 10.2. The van der Waals surface area contributed by atoms with E-state index in [9.17, 15) is 34.1 Å². The first kappa shape index (κ1) is 52.4. The molecule has 0 aliphatic heterocycles. The number of carboxylic acid groups (broad SMARTS) is 1. The van der Waals surface area contributed by atoms with Crippen molar-refractivity contribution >= 4 is 25.7 Å². The molecule has 12 heteroatoms. The van der Waals surface area contributed by atoms with Gasteiger partial charge in [0.1, 0.15) is 12.7 Å². The summed E-state index contributed by atoms with van der Waals surface area (Å²) in [5, 5.41) is 21.7. The molecule has 0 saturated carbocycles. The number of carbonyl (C=O) groups is 3. The zero-order chi connectivity index (χ0) is 41.4. The van der Waals surface area contributed by atoms with Crippen LogP contribution in [0.3, 0.4) is 0 Å². The summed E-state index contributed by atoms with van der Waals surface area (Å²) in [4.78, 5) is 45.8.